The lowest BCUT2D eigenvalue weighted by Crippen LogP contribution is -2.64. The molecule has 12 heteroatoms. The summed E-state index contributed by atoms with van der Waals surface area (Å²) in [6.45, 7) is 0. The normalized spacial score (nSPS) is 16.2. The van der Waals surface area contributed by atoms with Crippen molar-refractivity contribution in [3.05, 3.63) is 0 Å². The molecule has 0 aliphatic rings. The molecule has 0 saturated heterocycles. The summed E-state index contributed by atoms with van der Waals surface area (Å²) in [5.41, 5.74) is 0. The van der Waals surface area contributed by atoms with Crippen LogP contribution in [0.1, 0.15) is 0 Å². The lowest BCUT2D eigenvalue weighted by Gasteiger charge is -2.37. The van der Waals surface area contributed by atoms with Gasteiger partial charge < -0.3 is 0 Å². The molecule has 0 bridgehead atoms. The molecule has 0 heterocycles. The van der Waals surface area contributed by atoms with Crippen LogP contribution in [0, 0.1) is 0 Å². The van der Waals surface area contributed by atoms with Gasteiger partial charge in [-0.25, -0.2) is 0 Å². The summed E-state index contributed by atoms with van der Waals surface area (Å²) >= 11 is 16.7. The Morgan fingerprint density at radius 2 is 0.765 bits per heavy atom. The van der Waals surface area contributed by atoms with Crippen molar-refractivity contribution in [1.29, 1.82) is 0 Å². The zero-order valence-corrected chi connectivity index (χ0v) is 10.1. The van der Waals surface area contributed by atoms with Gasteiger partial charge in [0.15, 0.2) is 0 Å². The SMILES string of the molecule is FC(F)(Cl)C(F)(F)C(F)(F)C(F)(F)C(Cl)(Cl)Cl. The highest BCUT2D eigenvalue weighted by Crippen LogP contribution is 2.59. The largest absolute Gasteiger partial charge is 0.392 e. The monoisotopic (exact) mass is 352 g/mol. The minimum atomic E-state index is -6.68. The topological polar surface area (TPSA) is 0 Å². The van der Waals surface area contributed by atoms with Gasteiger partial charge in [-0.2, -0.15) is 35.1 Å². The molecule has 0 aromatic rings. The number of alkyl halides is 12. The molecule has 0 aliphatic carbocycles. The lowest BCUT2D eigenvalue weighted by atomic mass is 10.1. The summed E-state index contributed by atoms with van der Waals surface area (Å²) in [5, 5.41) is -5.96. The second kappa shape index (κ2) is 4.31. The average molecular weight is 354 g/mol. The molecule has 0 unspecified atom stereocenters. The van der Waals surface area contributed by atoms with E-state index in [0.29, 0.717) is 0 Å². The molecule has 0 aromatic heterocycles. The maximum atomic E-state index is 12.7. The predicted octanol–water partition coefficient (Wildman–Crippen LogP) is 5.09. The first-order chi connectivity index (χ1) is 7.00. The number of hydrogen-bond donors (Lipinski definition) is 0. The minimum Gasteiger partial charge on any atom is -0.195 e. The van der Waals surface area contributed by atoms with Crippen molar-refractivity contribution >= 4 is 46.4 Å². The van der Waals surface area contributed by atoms with E-state index in [1.807, 2.05) is 0 Å². The molecular weight excluding hydrogens is 354 g/mol. The van der Waals surface area contributed by atoms with Crippen molar-refractivity contribution < 1.29 is 35.1 Å². The third kappa shape index (κ3) is 2.64. The number of hydrogen-bond acceptors (Lipinski definition) is 0. The molecule has 0 atom stereocenters. The zero-order valence-electron chi connectivity index (χ0n) is 7.04. The summed E-state index contributed by atoms with van der Waals surface area (Å²) in [6.07, 6.45) is 0. The van der Waals surface area contributed by atoms with Gasteiger partial charge in [-0.1, -0.05) is 34.8 Å². The molecule has 0 fully saturated rings. The molecule has 0 radical (unpaired) electrons. The lowest BCUT2D eigenvalue weighted by molar-refractivity contribution is -0.346. The highest BCUT2D eigenvalue weighted by molar-refractivity contribution is 6.68. The van der Waals surface area contributed by atoms with Crippen LogP contribution in [0.15, 0.2) is 0 Å². The van der Waals surface area contributed by atoms with Crippen LogP contribution in [-0.4, -0.2) is 26.9 Å². The van der Waals surface area contributed by atoms with Crippen LogP contribution < -0.4 is 0 Å². The Balaban J connectivity index is 5.73. The van der Waals surface area contributed by atoms with E-state index in [1.165, 1.54) is 0 Å². The molecular formula is C5Cl4F8. The van der Waals surface area contributed by atoms with Crippen molar-refractivity contribution in [3.63, 3.8) is 0 Å². The van der Waals surface area contributed by atoms with E-state index >= 15 is 0 Å². The van der Waals surface area contributed by atoms with E-state index in [-0.39, 0.29) is 0 Å². The summed E-state index contributed by atoms with van der Waals surface area (Å²) in [5.74, 6) is -19.4. The van der Waals surface area contributed by atoms with Crippen molar-refractivity contribution in [2.75, 3.05) is 0 Å². The van der Waals surface area contributed by atoms with Crippen LogP contribution >= 0.6 is 46.4 Å². The van der Waals surface area contributed by atoms with Crippen molar-refractivity contribution in [1.82, 2.24) is 0 Å². The van der Waals surface area contributed by atoms with Gasteiger partial charge in [0.25, 0.3) is 3.79 Å². The van der Waals surface area contributed by atoms with Crippen molar-refractivity contribution in [2.24, 2.45) is 0 Å². The Kier molecular flexibility index (Phi) is 4.47. The fourth-order valence-electron chi connectivity index (χ4n) is 0.553. The summed E-state index contributed by atoms with van der Waals surface area (Å²) < 4.78 is 95.4. The minimum absolute atomic E-state index is 3.64. The fraction of sp³-hybridized carbons (Fsp3) is 1.00. The van der Waals surface area contributed by atoms with Gasteiger partial charge >= 0.3 is 23.1 Å². The molecule has 0 nitrogen and oxygen atoms in total. The molecule has 0 amide bonds. The first kappa shape index (κ1) is 17.6. The maximum absolute atomic E-state index is 12.7. The van der Waals surface area contributed by atoms with Crippen molar-refractivity contribution in [2.45, 2.75) is 26.9 Å². The van der Waals surface area contributed by atoms with E-state index < -0.39 is 26.9 Å². The predicted molar refractivity (Wildman–Crippen MR) is 45.9 cm³/mol. The molecule has 0 N–H and O–H groups in total. The van der Waals surface area contributed by atoms with Crippen LogP contribution in [0.2, 0.25) is 0 Å². The highest BCUT2D eigenvalue weighted by Gasteiger charge is 2.84. The van der Waals surface area contributed by atoms with Crippen LogP contribution in [0.3, 0.4) is 0 Å². The average Bonchev–Trinajstić information content (AvgIpc) is 1.98. The summed E-state index contributed by atoms with van der Waals surface area (Å²) in [4.78, 5) is 0. The Bertz CT molecular complexity index is 261. The second-order valence-electron chi connectivity index (χ2n) is 2.72. The maximum Gasteiger partial charge on any atom is 0.392 e. The van der Waals surface area contributed by atoms with E-state index in [9.17, 15) is 35.1 Å². The molecule has 0 spiro atoms. The summed E-state index contributed by atoms with van der Waals surface area (Å²) in [7, 11) is 0. The molecule has 0 aromatic carbocycles. The van der Waals surface area contributed by atoms with Crippen LogP contribution in [0.5, 0.6) is 0 Å². The van der Waals surface area contributed by atoms with Gasteiger partial charge in [-0.05, 0) is 11.6 Å². The Hall–Kier alpha value is 0.600. The first-order valence-corrected chi connectivity index (χ1v) is 4.78. The van der Waals surface area contributed by atoms with E-state index in [4.69, 9.17) is 0 Å². The molecule has 104 valence electrons. The van der Waals surface area contributed by atoms with Crippen LogP contribution in [0.4, 0.5) is 35.1 Å². The van der Waals surface area contributed by atoms with Crippen LogP contribution in [-0.2, 0) is 0 Å². The summed E-state index contributed by atoms with van der Waals surface area (Å²) in [6, 6.07) is 0. The molecule has 0 rings (SSSR count). The quantitative estimate of drug-likeness (QED) is 0.489. The first-order valence-electron chi connectivity index (χ1n) is 3.27. The van der Waals surface area contributed by atoms with Gasteiger partial charge in [0.2, 0.25) is 0 Å². The van der Waals surface area contributed by atoms with Gasteiger partial charge in [0.05, 0.1) is 0 Å². The fourth-order valence-corrected chi connectivity index (χ4v) is 1.03. The Labute approximate surface area is 109 Å². The number of halogens is 12. The van der Waals surface area contributed by atoms with Gasteiger partial charge in [0.1, 0.15) is 0 Å². The third-order valence-corrected chi connectivity index (χ3v) is 2.45. The highest BCUT2D eigenvalue weighted by atomic mass is 35.6. The smallest absolute Gasteiger partial charge is 0.195 e. The molecule has 0 saturated carbocycles. The van der Waals surface area contributed by atoms with E-state index in [2.05, 4.69) is 46.4 Å². The Morgan fingerprint density at radius 3 is 0.941 bits per heavy atom. The number of rotatable bonds is 3. The van der Waals surface area contributed by atoms with Gasteiger partial charge in [0, 0.05) is 0 Å². The third-order valence-electron chi connectivity index (χ3n) is 1.50. The second-order valence-corrected chi connectivity index (χ2v) is 5.47. The van der Waals surface area contributed by atoms with Crippen molar-refractivity contribution in [3.8, 4) is 0 Å². The Morgan fingerprint density at radius 1 is 0.471 bits per heavy atom. The van der Waals surface area contributed by atoms with Gasteiger partial charge in [-0.3, -0.25) is 0 Å². The standard InChI is InChI=1S/C5Cl4F8/c6-4(7,8)2(12,13)1(10,11)3(14,15)5(9,16)17. The van der Waals surface area contributed by atoms with Gasteiger partial charge in [-0.15, -0.1) is 0 Å². The van der Waals surface area contributed by atoms with E-state index in [1.54, 1.807) is 0 Å². The van der Waals surface area contributed by atoms with E-state index in [0.717, 1.165) is 0 Å². The zero-order chi connectivity index (χ0) is 14.5. The van der Waals surface area contributed by atoms with Crippen LogP contribution in [0.25, 0.3) is 0 Å². The molecule has 0 aliphatic heterocycles. The molecule has 17 heavy (non-hydrogen) atoms.